The maximum atomic E-state index is 12.2. The van der Waals surface area contributed by atoms with Crippen molar-refractivity contribution in [3.05, 3.63) is 70.4 Å². The first-order valence-electron chi connectivity index (χ1n) is 9.61. The molecule has 2 heterocycles. The number of rotatable bonds is 6. The van der Waals surface area contributed by atoms with Crippen molar-refractivity contribution in [2.75, 3.05) is 10.6 Å². The van der Waals surface area contributed by atoms with Crippen molar-refractivity contribution in [3.63, 3.8) is 0 Å². The molecule has 0 spiro atoms. The Hall–Kier alpha value is -3.36. The SMILES string of the molecule is Cc1ccc(-c2csc(NC(=O)CC(=O)Nc3nc(-c4ccc(C)cc4)cs3)n2)cc1. The van der Waals surface area contributed by atoms with E-state index in [0.717, 1.165) is 22.5 Å². The number of nitrogens with zero attached hydrogens (tertiary/aromatic N) is 2. The van der Waals surface area contributed by atoms with Crippen molar-refractivity contribution in [1.82, 2.24) is 9.97 Å². The van der Waals surface area contributed by atoms with E-state index in [4.69, 9.17) is 0 Å². The number of aromatic nitrogens is 2. The van der Waals surface area contributed by atoms with Gasteiger partial charge in [0.1, 0.15) is 6.42 Å². The van der Waals surface area contributed by atoms with Crippen LogP contribution in [0.5, 0.6) is 0 Å². The lowest BCUT2D eigenvalue weighted by Gasteiger charge is -2.02. The Bertz CT molecular complexity index is 1120. The van der Waals surface area contributed by atoms with E-state index in [0.29, 0.717) is 10.3 Å². The number of hydrogen-bond acceptors (Lipinski definition) is 6. The summed E-state index contributed by atoms with van der Waals surface area (Å²) in [4.78, 5) is 33.3. The van der Waals surface area contributed by atoms with Gasteiger partial charge >= 0.3 is 0 Å². The van der Waals surface area contributed by atoms with Crippen LogP contribution < -0.4 is 10.6 Å². The zero-order chi connectivity index (χ0) is 21.8. The summed E-state index contributed by atoms with van der Waals surface area (Å²) in [6.45, 7) is 4.05. The lowest BCUT2D eigenvalue weighted by atomic mass is 10.1. The monoisotopic (exact) mass is 448 g/mol. The molecule has 2 N–H and O–H groups in total. The Morgan fingerprint density at radius 3 is 1.48 bits per heavy atom. The van der Waals surface area contributed by atoms with Gasteiger partial charge in [-0.15, -0.1) is 22.7 Å². The molecule has 0 saturated carbocycles. The van der Waals surface area contributed by atoms with Crippen molar-refractivity contribution >= 4 is 44.8 Å². The zero-order valence-corrected chi connectivity index (χ0v) is 18.6. The number of thiazole rings is 2. The molecule has 4 aromatic rings. The Labute approximate surface area is 188 Å². The Morgan fingerprint density at radius 1 is 0.710 bits per heavy atom. The number of amides is 2. The average Bonchev–Trinajstić information content (AvgIpc) is 3.39. The predicted molar refractivity (Wildman–Crippen MR) is 126 cm³/mol. The molecule has 2 aromatic heterocycles. The Morgan fingerprint density at radius 2 is 1.10 bits per heavy atom. The predicted octanol–water partition coefficient (Wildman–Crippen LogP) is 5.52. The second kappa shape index (κ2) is 9.20. The van der Waals surface area contributed by atoms with Crippen LogP contribution in [-0.2, 0) is 9.59 Å². The first-order valence-corrected chi connectivity index (χ1v) is 11.4. The quantitative estimate of drug-likeness (QED) is 0.381. The molecule has 0 fully saturated rings. The van der Waals surface area contributed by atoms with Gasteiger partial charge in [-0.1, -0.05) is 59.7 Å². The molecule has 0 unspecified atom stereocenters. The van der Waals surface area contributed by atoms with Gasteiger partial charge < -0.3 is 10.6 Å². The van der Waals surface area contributed by atoms with Gasteiger partial charge in [-0.3, -0.25) is 9.59 Å². The van der Waals surface area contributed by atoms with Crippen LogP contribution in [0.3, 0.4) is 0 Å². The summed E-state index contributed by atoms with van der Waals surface area (Å²) >= 11 is 2.65. The molecule has 156 valence electrons. The van der Waals surface area contributed by atoms with Gasteiger partial charge in [0.2, 0.25) is 11.8 Å². The van der Waals surface area contributed by atoms with Crippen LogP contribution in [0.4, 0.5) is 10.3 Å². The largest absolute Gasteiger partial charge is 0.302 e. The molecule has 0 aliphatic carbocycles. The highest BCUT2D eigenvalue weighted by Gasteiger charge is 2.14. The van der Waals surface area contributed by atoms with Gasteiger partial charge in [-0.25, -0.2) is 9.97 Å². The van der Waals surface area contributed by atoms with E-state index in [1.165, 1.54) is 33.8 Å². The number of aryl methyl sites for hydroxylation is 2. The molecule has 0 bridgehead atoms. The minimum absolute atomic E-state index is 0.307. The highest BCUT2D eigenvalue weighted by atomic mass is 32.1. The summed E-state index contributed by atoms with van der Waals surface area (Å²) in [5.74, 6) is -0.838. The van der Waals surface area contributed by atoms with E-state index in [2.05, 4.69) is 20.6 Å². The van der Waals surface area contributed by atoms with Crippen LogP contribution in [-0.4, -0.2) is 21.8 Å². The molecule has 4 rings (SSSR count). The molecular formula is C23H20N4O2S2. The highest BCUT2D eigenvalue weighted by molar-refractivity contribution is 7.14. The van der Waals surface area contributed by atoms with Crippen molar-refractivity contribution < 1.29 is 9.59 Å². The van der Waals surface area contributed by atoms with Crippen LogP contribution in [0, 0.1) is 13.8 Å². The third kappa shape index (κ3) is 5.42. The smallest absolute Gasteiger partial charge is 0.235 e. The Balaban J connectivity index is 1.32. The maximum absolute atomic E-state index is 12.2. The Kier molecular flexibility index (Phi) is 6.20. The molecule has 2 amide bonds. The summed E-state index contributed by atoms with van der Waals surface area (Å²) in [6.07, 6.45) is -0.307. The van der Waals surface area contributed by atoms with Gasteiger partial charge in [0.25, 0.3) is 0 Å². The molecule has 0 radical (unpaired) electrons. The third-order valence-corrected chi connectivity index (χ3v) is 6.03. The first-order chi connectivity index (χ1) is 15.0. The minimum Gasteiger partial charge on any atom is -0.302 e. The molecule has 6 nitrogen and oxygen atoms in total. The van der Waals surface area contributed by atoms with Gasteiger partial charge in [-0.2, -0.15) is 0 Å². The van der Waals surface area contributed by atoms with Gasteiger partial charge in [0, 0.05) is 21.9 Å². The molecule has 0 aliphatic heterocycles. The van der Waals surface area contributed by atoms with E-state index in [9.17, 15) is 9.59 Å². The number of hydrogen-bond donors (Lipinski definition) is 2. The van der Waals surface area contributed by atoms with Crippen LogP contribution >= 0.6 is 22.7 Å². The number of carbonyl (C=O) groups is 2. The molecular weight excluding hydrogens is 428 g/mol. The molecule has 0 saturated heterocycles. The highest BCUT2D eigenvalue weighted by Crippen LogP contribution is 2.26. The molecule has 0 atom stereocenters. The van der Waals surface area contributed by atoms with Crippen molar-refractivity contribution in [2.45, 2.75) is 20.3 Å². The van der Waals surface area contributed by atoms with Gasteiger partial charge in [0.05, 0.1) is 11.4 Å². The number of benzene rings is 2. The van der Waals surface area contributed by atoms with Crippen LogP contribution in [0.25, 0.3) is 22.5 Å². The lowest BCUT2D eigenvalue weighted by Crippen LogP contribution is -2.21. The van der Waals surface area contributed by atoms with Gasteiger partial charge in [-0.05, 0) is 13.8 Å². The second-order valence-electron chi connectivity index (χ2n) is 7.08. The van der Waals surface area contributed by atoms with Crippen LogP contribution in [0.1, 0.15) is 17.5 Å². The number of nitrogens with one attached hydrogen (secondary N) is 2. The summed E-state index contributed by atoms with van der Waals surface area (Å²) in [5, 5.41) is 10.1. The number of anilines is 2. The lowest BCUT2D eigenvalue weighted by molar-refractivity contribution is -0.123. The number of carbonyl (C=O) groups excluding carboxylic acids is 2. The maximum Gasteiger partial charge on any atom is 0.235 e. The zero-order valence-electron chi connectivity index (χ0n) is 17.0. The van der Waals surface area contributed by atoms with E-state index in [1.54, 1.807) is 0 Å². The minimum atomic E-state index is -0.419. The van der Waals surface area contributed by atoms with Gasteiger partial charge in [0.15, 0.2) is 10.3 Å². The first kappa shape index (κ1) is 20.9. The fourth-order valence-corrected chi connectivity index (χ4v) is 4.32. The average molecular weight is 449 g/mol. The van der Waals surface area contributed by atoms with Crippen LogP contribution in [0.15, 0.2) is 59.3 Å². The summed E-state index contributed by atoms with van der Waals surface area (Å²) < 4.78 is 0. The summed E-state index contributed by atoms with van der Waals surface area (Å²) in [6, 6.07) is 16.0. The second-order valence-corrected chi connectivity index (χ2v) is 8.80. The summed E-state index contributed by atoms with van der Waals surface area (Å²) in [5.41, 5.74) is 5.88. The molecule has 8 heteroatoms. The standard InChI is InChI=1S/C23H20N4O2S2/c1-14-3-7-16(8-4-14)18-12-30-22(24-18)26-20(28)11-21(29)27-23-25-19(13-31-23)17-9-5-15(2)6-10-17/h3-10,12-13H,11H2,1-2H3,(H,24,26,28)(H,25,27,29). The van der Waals surface area contributed by atoms with Crippen molar-refractivity contribution in [1.29, 1.82) is 0 Å². The third-order valence-electron chi connectivity index (χ3n) is 4.52. The van der Waals surface area contributed by atoms with E-state index < -0.39 is 11.8 Å². The van der Waals surface area contributed by atoms with Crippen molar-refractivity contribution in [3.8, 4) is 22.5 Å². The van der Waals surface area contributed by atoms with Crippen LogP contribution in [0.2, 0.25) is 0 Å². The normalized spacial score (nSPS) is 10.6. The fourth-order valence-electron chi connectivity index (χ4n) is 2.85. The van der Waals surface area contributed by atoms with E-state index >= 15 is 0 Å². The fraction of sp³-hybridized carbons (Fsp3) is 0.130. The van der Waals surface area contributed by atoms with Crippen molar-refractivity contribution in [2.24, 2.45) is 0 Å². The molecule has 0 aliphatic rings. The van der Waals surface area contributed by atoms with E-state index in [1.807, 2.05) is 73.1 Å². The van der Waals surface area contributed by atoms with E-state index in [-0.39, 0.29) is 6.42 Å². The topological polar surface area (TPSA) is 84.0 Å². The molecule has 31 heavy (non-hydrogen) atoms. The summed E-state index contributed by atoms with van der Waals surface area (Å²) in [7, 11) is 0. The molecule has 2 aromatic carbocycles.